The number of carbonyl (C=O) groups is 2. The van der Waals surface area contributed by atoms with Crippen LogP contribution in [0.2, 0.25) is 0 Å². The van der Waals surface area contributed by atoms with Crippen LogP contribution in [0.15, 0.2) is 18.3 Å². The van der Waals surface area contributed by atoms with Gasteiger partial charge in [-0.05, 0) is 32.9 Å². The minimum Gasteiger partial charge on any atom is -0.444 e. The summed E-state index contributed by atoms with van der Waals surface area (Å²) in [7, 11) is 0. The first kappa shape index (κ1) is 15.8. The third-order valence-corrected chi connectivity index (χ3v) is 2.08. The molecular formula is C14H17FN2O3. The smallest absolute Gasteiger partial charge is 0.407 e. The number of halogens is 1. The first-order valence-corrected chi connectivity index (χ1v) is 6.06. The normalized spacial score (nSPS) is 11.4. The monoisotopic (exact) mass is 280 g/mol. The Morgan fingerprint density at radius 3 is 2.80 bits per heavy atom. The molecule has 0 spiro atoms. The van der Waals surface area contributed by atoms with Gasteiger partial charge in [0.2, 0.25) is 0 Å². The molecule has 0 saturated heterocycles. The van der Waals surface area contributed by atoms with Crippen molar-refractivity contribution < 1.29 is 18.7 Å². The van der Waals surface area contributed by atoms with E-state index in [9.17, 15) is 14.0 Å². The van der Waals surface area contributed by atoms with Gasteiger partial charge in [-0.1, -0.05) is 6.08 Å². The van der Waals surface area contributed by atoms with Gasteiger partial charge in [-0.2, -0.15) is 0 Å². The van der Waals surface area contributed by atoms with Gasteiger partial charge >= 0.3 is 6.09 Å². The van der Waals surface area contributed by atoms with Gasteiger partial charge in [0.1, 0.15) is 5.60 Å². The van der Waals surface area contributed by atoms with Crippen LogP contribution in [0.1, 0.15) is 36.8 Å². The number of carbonyl (C=O) groups excluding carboxylic acids is 2. The molecule has 0 atom stereocenters. The van der Waals surface area contributed by atoms with E-state index in [-0.39, 0.29) is 12.1 Å². The summed E-state index contributed by atoms with van der Waals surface area (Å²) in [6, 6.07) is 1.33. The van der Waals surface area contributed by atoms with Crippen LogP contribution in [-0.2, 0) is 4.74 Å². The Bertz CT molecular complexity index is 522. The minimum absolute atomic E-state index is 0.0558. The summed E-state index contributed by atoms with van der Waals surface area (Å²) in [6.07, 6.45) is 4.07. The highest BCUT2D eigenvalue weighted by Crippen LogP contribution is 2.07. The fourth-order valence-corrected chi connectivity index (χ4v) is 1.29. The fourth-order valence-electron chi connectivity index (χ4n) is 1.29. The van der Waals surface area contributed by atoms with Gasteiger partial charge in [-0.15, -0.1) is 0 Å². The zero-order chi connectivity index (χ0) is 15.2. The molecule has 0 aliphatic heterocycles. The molecule has 1 aromatic rings. The Hall–Kier alpha value is -2.24. The summed E-state index contributed by atoms with van der Waals surface area (Å²) in [5.74, 6) is -0.663. The number of nitrogens with zero attached hydrogens (tertiary/aromatic N) is 1. The molecule has 0 aromatic carbocycles. The molecule has 1 N–H and O–H groups in total. The number of rotatable bonds is 4. The molecule has 1 heterocycles. The second kappa shape index (κ2) is 6.79. The number of pyridine rings is 1. The van der Waals surface area contributed by atoms with Crippen LogP contribution in [0.3, 0.4) is 0 Å². The van der Waals surface area contributed by atoms with E-state index in [1.165, 1.54) is 6.07 Å². The van der Waals surface area contributed by atoms with Crippen molar-refractivity contribution in [3.63, 3.8) is 0 Å². The van der Waals surface area contributed by atoms with Crippen LogP contribution in [0.4, 0.5) is 9.18 Å². The first-order chi connectivity index (χ1) is 9.31. The Kier molecular flexibility index (Phi) is 5.37. The number of ether oxygens (including phenoxy) is 1. The van der Waals surface area contributed by atoms with E-state index in [2.05, 4.69) is 10.3 Å². The maximum atomic E-state index is 13.0. The van der Waals surface area contributed by atoms with Gasteiger partial charge in [0.05, 0.1) is 17.5 Å². The third-order valence-electron chi connectivity index (χ3n) is 2.08. The summed E-state index contributed by atoms with van der Waals surface area (Å²) >= 11 is 0. The fraction of sp³-hybridized carbons (Fsp3) is 0.357. The van der Waals surface area contributed by atoms with Crippen LogP contribution < -0.4 is 5.32 Å². The second-order valence-electron chi connectivity index (χ2n) is 5.03. The van der Waals surface area contributed by atoms with E-state index in [4.69, 9.17) is 4.74 Å². The van der Waals surface area contributed by atoms with Crippen LogP contribution in [-0.4, -0.2) is 29.5 Å². The van der Waals surface area contributed by atoms with Crippen molar-refractivity contribution in [2.75, 3.05) is 6.54 Å². The third kappa shape index (κ3) is 5.60. The number of alkyl carbamates (subject to hydrolysis) is 1. The quantitative estimate of drug-likeness (QED) is 0.861. The highest BCUT2D eigenvalue weighted by atomic mass is 19.1. The maximum absolute atomic E-state index is 13.0. The average molecular weight is 280 g/mol. The molecule has 0 radical (unpaired) electrons. The lowest BCUT2D eigenvalue weighted by Crippen LogP contribution is -2.32. The topological polar surface area (TPSA) is 68.3 Å². The summed E-state index contributed by atoms with van der Waals surface area (Å²) in [4.78, 5) is 25.7. The largest absolute Gasteiger partial charge is 0.444 e. The summed E-state index contributed by atoms with van der Waals surface area (Å²) in [5, 5.41) is 2.53. The van der Waals surface area contributed by atoms with Crippen molar-refractivity contribution in [2.45, 2.75) is 26.4 Å². The SMILES string of the molecule is CC(C)(C)OC(=O)NCC=Cc1cc(C=O)c(F)cn1. The van der Waals surface area contributed by atoms with Crippen molar-refractivity contribution in [1.29, 1.82) is 0 Å². The van der Waals surface area contributed by atoms with Crippen LogP contribution in [0, 0.1) is 5.82 Å². The van der Waals surface area contributed by atoms with Gasteiger partial charge in [0, 0.05) is 6.54 Å². The molecule has 0 saturated carbocycles. The molecule has 0 unspecified atom stereocenters. The predicted molar refractivity (Wildman–Crippen MR) is 72.9 cm³/mol. The molecule has 5 nitrogen and oxygen atoms in total. The van der Waals surface area contributed by atoms with Gasteiger partial charge in [0.15, 0.2) is 12.1 Å². The van der Waals surface area contributed by atoms with E-state index in [1.54, 1.807) is 32.9 Å². The van der Waals surface area contributed by atoms with Crippen LogP contribution >= 0.6 is 0 Å². The van der Waals surface area contributed by atoms with E-state index in [1.807, 2.05) is 0 Å². The Balaban J connectivity index is 2.49. The highest BCUT2D eigenvalue weighted by molar-refractivity contribution is 5.76. The van der Waals surface area contributed by atoms with Gasteiger partial charge < -0.3 is 10.1 Å². The summed E-state index contributed by atoms with van der Waals surface area (Å²) in [6.45, 7) is 5.55. The molecule has 0 aliphatic carbocycles. The predicted octanol–water partition coefficient (Wildman–Crippen LogP) is 2.57. The lowest BCUT2D eigenvalue weighted by molar-refractivity contribution is 0.0534. The first-order valence-electron chi connectivity index (χ1n) is 6.06. The molecule has 1 amide bonds. The van der Waals surface area contributed by atoms with Crippen LogP contribution in [0.5, 0.6) is 0 Å². The molecule has 6 heteroatoms. The number of aromatic nitrogens is 1. The molecule has 108 valence electrons. The zero-order valence-corrected chi connectivity index (χ0v) is 11.6. The average Bonchev–Trinajstić information content (AvgIpc) is 2.34. The Morgan fingerprint density at radius 1 is 1.50 bits per heavy atom. The standard InChI is InChI=1S/C14H17FN2O3/c1-14(2,3)20-13(19)16-6-4-5-11-7-10(9-18)12(15)8-17-11/h4-5,7-9H,6H2,1-3H3,(H,16,19). The molecule has 20 heavy (non-hydrogen) atoms. The molecular weight excluding hydrogens is 263 g/mol. The number of aldehydes is 1. The van der Waals surface area contributed by atoms with Gasteiger partial charge in [0.25, 0.3) is 0 Å². The molecule has 0 bridgehead atoms. The minimum atomic E-state index is -0.663. The van der Waals surface area contributed by atoms with E-state index in [0.29, 0.717) is 12.0 Å². The van der Waals surface area contributed by atoms with Crippen molar-refractivity contribution >= 4 is 18.5 Å². The number of amides is 1. The van der Waals surface area contributed by atoms with E-state index < -0.39 is 17.5 Å². The summed E-state index contributed by atoms with van der Waals surface area (Å²) < 4.78 is 18.1. The number of nitrogens with one attached hydrogen (secondary N) is 1. The van der Waals surface area contributed by atoms with Crippen molar-refractivity contribution in [3.8, 4) is 0 Å². The van der Waals surface area contributed by atoms with Crippen molar-refractivity contribution in [3.05, 3.63) is 35.4 Å². The number of hydrogen-bond acceptors (Lipinski definition) is 4. The maximum Gasteiger partial charge on any atom is 0.407 e. The number of hydrogen-bond donors (Lipinski definition) is 1. The van der Waals surface area contributed by atoms with Gasteiger partial charge in [-0.25, -0.2) is 9.18 Å². The Morgan fingerprint density at radius 2 is 2.20 bits per heavy atom. The lowest BCUT2D eigenvalue weighted by Gasteiger charge is -2.19. The molecule has 1 rings (SSSR count). The van der Waals surface area contributed by atoms with Crippen molar-refractivity contribution in [1.82, 2.24) is 10.3 Å². The zero-order valence-electron chi connectivity index (χ0n) is 11.6. The van der Waals surface area contributed by atoms with Gasteiger partial charge in [-0.3, -0.25) is 9.78 Å². The molecule has 1 aromatic heterocycles. The lowest BCUT2D eigenvalue weighted by atomic mass is 10.2. The molecule has 0 fully saturated rings. The van der Waals surface area contributed by atoms with Crippen LogP contribution in [0.25, 0.3) is 6.08 Å². The van der Waals surface area contributed by atoms with E-state index in [0.717, 1.165) is 6.20 Å². The Labute approximate surface area is 116 Å². The second-order valence-corrected chi connectivity index (χ2v) is 5.03. The summed E-state index contributed by atoms with van der Waals surface area (Å²) in [5.41, 5.74) is -0.176. The molecule has 0 aliphatic rings. The highest BCUT2D eigenvalue weighted by Gasteiger charge is 2.14. The van der Waals surface area contributed by atoms with Crippen molar-refractivity contribution in [2.24, 2.45) is 0 Å². The van der Waals surface area contributed by atoms with E-state index >= 15 is 0 Å².